The minimum absolute atomic E-state index is 0.0655. The fourth-order valence-corrected chi connectivity index (χ4v) is 1.60. The highest BCUT2D eigenvalue weighted by Crippen LogP contribution is 2.07. The number of nitrogens with one attached hydrogen (secondary N) is 2. The summed E-state index contributed by atoms with van der Waals surface area (Å²) in [6.07, 6.45) is 0.375. The van der Waals surface area contributed by atoms with Crippen LogP contribution < -0.4 is 10.6 Å². The smallest absolute Gasteiger partial charge is 0.305 e. The van der Waals surface area contributed by atoms with E-state index < -0.39 is 36.2 Å². The summed E-state index contributed by atoms with van der Waals surface area (Å²) in [6, 6.07) is 1.48. The number of carboxylic acids is 2. The van der Waals surface area contributed by atoms with Crippen LogP contribution in [0.2, 0.25) is 0 Å². The van der Waals surface area contributed by atoms with Crippen molar-refractivity contribution < 1.29 is 34.2 Å². The highest BCUT2D eigenvalue weighted by atomic mass is 16.4. The van der Waals surface area contributed by atoms with Crippen LogP contribution in [0.5, 0.6) is 0 Å². The second-order valence-corrected chi connectivity index (χ2v) is 4.69. The third kappa shape index (κ3) is 6.64. The maximum absolute atomic E-state index is 11.9. The van der Waals surface area contributed by atoms with Crippen LogP contribution in [-0.4, -0.2) is 51.3 Å². The molecule has 1 rings (SSSR count). The van der Waals surface area contributed by atoms with Crippen molar-refractivity contribution in [1.82, 2.24) is 10.3 Å². The quantitative estimate of drug-likeness (QED) is 0.444. The van der Waals surface area contributed by atoms with Crippen LogP contribution in [0.15, 0.2) is 18.3 Å². The van der Waals surface area contributed by atoms with E-state index in [1.54, 1.807) is 0 Å². The van der Waals surface area contributed by atoms with Crippen molar-refractivity contribution >= 4 is 35.9 Å². The van der Waals surface area contributed by atoms with Gasteiger partial charge in [0.1, 0.15) is 12.1 Å². The number of rotatable bonds is 9. The summed E-state index contributed by atoms with van der Waals surface area (Å²) in [6.45, 7) is 0. The number of carbonyl (C=O) groups is 5. The van der Waals surface area contributed by atoms with Gasteiger partial charge in [-0.3, -0.25) is 19.2 Å². The van der Waals surface area contributed by atoms with E-state index in [1.807, 2.05) is 0 Å². The number of aliphatic carboxylic acids is 2. The molecule has 0 aliphatic heterocycles. The second kappa shape index (κ2) is 8.98. The molecular weight excluding hydrogens is 322 g/mol. The number of carbonyl (C=O) groups excluding carboxylic acids is 3. The van der Waals surface area contributed by atoms with E-state index >= 15 is 0 Å². The molecule has 2 amide bonds. The first-order chi connectivity index (χ1) is 11.3. The normalized spacial score (nSPS) is 11.2. The third-order valence-corrected chi connectivity index (χ3v) is 2.73. The predicted molar refractivity (Wildman–Crippen MR) is 79.3 cm³/mol. The number of pyridine rings is 1. The van der Waals surface area contributed by atoms with E-state index in [2.05, 4.69) is 15.6 Å². The molecule has 1 heterocycles. The lowest BCUT2D eigenvalue weighted by Gasteiger charge is -2.10. The maximum Gasteiger partial charge on any atom is 0.305 e. The number of amides is 2. The third-order valence-electron chi connectivity index (χ3n) is 2.73. The number of hydrogen-bond acceptors (Lipinski definition) is 6. The first-order valence-electron chi connectivity index (χ1n) is 6.77. The molecule has 0 fully saturated rings. The Bertz CT molecular complexity index is 642. The lowest BCUT2D eigenvalue weighted by molar-refractivity contribution is -0.139. The Hall–Kier alpha value is -3.30. The van der Waals surface area contributed by atoms with E-state index in [0.29, 0.717) is 6.29 Å². The molecule has 24 heavy (non-hydrogen) atoms. The van der Waals surface area contributed by atoms with Gasteiger partial charge in [0, 0.05) is 12.6 Å². The van der Waals surface area contributed by atoms with Gasteiger partial charge in [0.05, 0.1) is 24.4 Å². The van der Waals surface area contributed by atoms with E-state index in [1.165, 1.54) is 12.1 Å². The summed E-state index contributed by atoms with van der Waals surface area (Å²) < 4.78 is 0. The van der Waals surface area contributed by atoms with Crippen molar-refractivity contribution in [2.45, 2.75) is 25.3 Å². The fourth-order valence-electron chi connectivity index (χ4n) is 1.60. The summed E-state index contributed by atoms with van der Waals surface area (Å²) >= 11 is 0. The summed E-state index contributed by atoms with van der Waals surface area (Å²) in [4.78, 5) is 58.7. The van der Waals surface area contributed by atoms with Crippen molar-refractivity contribution in [1.29, 1.82) is 0 Å². The fraction of sp³-hybridized carbons (Fsp3) is 0.286. The van der Waals surface area contributed by atoms with Gasteiger partial charge in [0.15, 0.2) is 0 Å². The summed E-state index contributed by atoms with van der Waals surface area (Å²) in [5.74, 6) is -3.44. The zero-order valence-corrected chi connectivity index (χ0v) is 12.4. The average Bonchev–Trinajstić information content (AvgIpc) is 2.52. The van der Waals surface area contributed by atoms with Gasteiger partial charge >= 0.3 is 11.9 Å². The summed E-state index contributed by atoms with van der Waals surface area (Å²) in [5.41, 5.74) is 0.0655. The van der Waals surface area contributed by atoms with Gasteiger partial charge < -0.3 is 25.6 Å². The van der Waals surface area contributed by atoms with Gasteiger partial charge in [-0.15, -0.1) is 0 Å². The summed E-state index contributed by atoms with van der Waals surface area (Å²) in [5, 5.41) is 21.7. The van der Waals surface area contributed by atoms with E-state index in [0.717, 1.165) is 6.20 Å². The Morgan fingerprint density at radius 3 is 2.33 bits per heavy atom. The number of aldehydes is 1. The van der Waals surface area contributed by atoms with Crippen molar-refractivity contribution in [3.63, 3.8) is 0 Å². The Morgan fingerprint density at radius 1 is 1.12 bits per heavy atom. The van der Waals surface area contributed by atoms with Gasteiger partial charge in [0.2, 0.25) is 5.91 Å². The molecule has 10 heteroatoms. The lowest BCUT2D eigenvalue weighted by atomic mass is 10.2. The number of aromatic nitrogens is 1. The molecule has 1 atom stereocenters. The second-order valence-electron chi connectivity index (χ2n) is 4.69. The molecule has 4 N–H and O–H groups in total. The minimum atomic E-state index is -1.23. The monoisotopic (exact) mass is 337 g/mol. The molecule has 128 valence electrons. The molecule has 0 unspecified atom stereocenters. The highest BCUT2D eigenvalue weighted by Gasteiger charge is 2.16. The van der Waals surface area contributed by atoms with Crippen LogP contribution in [0.4, 0.5) is 5.82 Å². The molecule has 0 aliphatic carbocycles. The van der Waals surface area contributed by atoms with Gasteiger partial charge in [-0.1, -0.05) is 0 Å². The standard InChI is InChI=1S/C14H15N3O7/c18-7-9(5-13(22)23)16-14(24)8-1-2-10(15-6-8)17-11(19)3-4-12(20)21/h1-2,6-7,9H,3-5H2,(H,16,24)(H,20,21)(H,22,23)(H,15,17,19)/t9-/m0/s1. The maximum atomic E-state index is 11.9. The molecule has 0 bridgehead atoms. The van der Waals surface area contributed by atoms with Crippen molar-refractivity contribution in [3.8, 4) is 0 Å². The van der Waals surface area contributed by atoms with Crippen molar-refractivity contribution in [2.24, 2.45) is 0 Å². The first-order valence-corrected chi connectivity index (χ1v) is 6.77. The highest BCUT2D eigenvalue weighted by molar-refractivity contribution is 5.96. The van der Waals surface area contributed by atoms with Gasteiger partial charge in [-0.2, -0.15) is 0 Å². The molecule has 1 aromatic rings. The van der Waals surface area contributed by atoms with Crippen LogP contribution in [0.1, 0.15) is 29.6 Å². The molecule has 10 nitrogen and oxygen atoms in total. The van der Waals surface area contributed by atoms with Crippen LogP contribution in [-0.2, 0) is 19.2 Å². The molecule has 0 aromatic carbocycles. The lowest BCUT2D eigenvalue weighted by Crippen LogP contribution is -2.37. The SMILES string of the molecule is O=C[C@H](CC(=O)O)NC(=O)c1ccc(NC(=O)CCC(=O)O)nc1. The predicted octanol–water partition coefficient (Wildman–Crippen LogP) is -0.343. The summed E-state index contributed by atoms with van der Waals surface area (Å²) in [7, 11) is 0. The molecule has 0 aliphatic rings. The number of nitrogens with zero attached hydrogens (tertiary/aromatic N) is 1. The van der Waals surface area contributed by atoms with Gasteiger partial charge in [0.25, 0.3) is 5.91 Å². The molecule has 0 saturated carbocycles. The van der Waals surface area contributed by atoms with Gasteiger partial charge in [-0.05, 0) is 12.1 Å². The van der Waals surface area contributed by atoms with Crippen molar-refractivity contribution in [3.05, 3.63) is 23.9 Å². The van der Waals surface area contributed by atoms with Crippen molar-refractivity contribution in [2.75, 3.05) is 5.32 Å². The Balaban J connectivity index is 2.61. The zero-order chi connectivity index (χ0) is 18.1. The van der Waals surface area contributed by atoms with Crippen LogP contribution in [0, 0.1) is 0 Å². The topological polar surface area (TPSA) is 163 Å². The molecule has 0 saturated heterocycles. The number of anilines is 1. The van der Waals surface area contributed by atoms with E-state index in [-0.39, 0.29) is 24.2 Å². The molecule has 0 spiro atoms. The van der Waals surface area contributed by atoms with E-state index in [9.17, 15) is 24.0 Å². The molecular formula is C14H15N3O7. The Labute approximate surface area is 135 Å². The number of carboxylic acid groups (broad SMARTS) is 2. The van der Waals surface area contributed by atoms with Crippen LogP contribution in [0.3, 0.4) is 0 Å². The first kappa shape index (κ1) is 18.7. The zero-order valence-electron chi connectivity index (χ0n) is 12.4. The Kier molecular flexibility index (Phi) is 7.01. The average molecular weight is 337 g/mol. The van der Waals surface area contributed by atoms with E-state index in [4.69, 9.17) is 10.2 Å². The largest absolute Gasteiger partial charge is 0.481 e. The van der Waals surface area contributed by atoms with Gasteiger partial charge in [-0.25, -0.2) is 4.98 Å². The Morgan fingerprint density at radius 2 is 1.83 bits per heavy atom. The number of hydrogen-bond donors (Lipinski definition) is 4. The van der Waals surface area contributed by atoms with Crippen LogP contribution >= 0.6 is 0 Å². The molecule has 1 aromatic heterocycles. The minimum Gasteiger partial charge on any atom is -0.481 e. The van der Waals surface area contributed by atoms with Crippen LogP contribution in [0.25, 0.3) is 0 Å². The molecule has 0 radical (unpaired) electrons.